The number of amides is 3. The van der Waals surface area contributed by atoms with Gasteiger partial charge in [0.05, 0.1) is 12.9 Å². The summed E-state index contributed by atoms with van der Waals surface area (Å²) in [5.74, 6) is 1.75. The molecular formula is C24H28N4O6S. The first-order chi connectivity index (χ1) is 17.0. The molecule has 0 aliphatic carbocycles. The molecule has 0 saturated carbocycles. The van der Waals surface area contributed by atoms with E-state index in [-0.39, 0.29) is 49.2 Å². The fourth-order valence-corrected chi connectivity index (χ4v) is 4.63. The van der Waals surface area contributed by atoms with Crippen LogP contribution >= 0.6 is 11.8 Å². The average Bonchev–Trinajstić information content (AvgIpc) is 3.33. The second-order valence-electron chi connectivity index (χ2n) is 8.12. The molecular weight excluding hydrogens is 472 g/mol. The largest absolute Gasteiger partial charge is 0.497 e. The molecule has 0 bridgehead atoms. The fraction of sp³-hybridized carbons (Fsp3) is 0.375. The Labute approximate surface area is 207 Å². The minimum atomic E-state index is -0.455. The van der Waals surface area contributed by atoms with E-state index < -0.39 is 5.50 Å². The minimum absolute atomic E-state index is 0.150. The van der Waals surface area contributed by atoms with Gasteiger partial charge in [0, 0.05) is 32.0 Å². The number of rotatable bonds is 10. The summed E-state index contributed by atoms with van der Waals surface area (Å²) in [6, 6.07) is 12.7. The van der Waals surface area contributed by atoms with Gasteiger partial charge in [-0.3, -0.25) is 19.7 Å². The van der Waals surface area contributed by atoms with Crippen LogP contribution in [-0.2, 0) is 27.5 Å². The first-order valence-electron chi connectivity index (χ1n) is 11.2. The van der Waals surface area contributed by atoms with Crippen molar-refractivity contribution in [1.29, 1.82) is 0 Å². The molecule has 2 aliphatic rings. The first-order valence-corrected chi connectivity index (χ1v) is 12.3. The maximum Gasteiger partial charge on any atom is 0.231 e. The molecule has 4 rings (SSSR count). The second-order valence-corrected chi connectivity index (χ2v) is 9.22. The number of benzene rings is 2. The van der Waals surface area contributed by atoms with Crippen LogP contribution in [0.3, 0.4) is 0 Å². The van der Waals surface area contributed by atoms with Gasteiger partial charge in [0.2, 0.25) is 24.5 Å². The Morgan fingerprint density at radius 3 is 2.66 bits per heavy atom. The molecule has 186 valence electrons. The Morgan fingerprint density at radius 2 is 1.83 bits per heavy atom. The van der Waals surface area contributed by atoms with Crippen molar-refractivity contribution < 1.29 is 28.6 Å². The van der Waals surface area contributed by atoms with E-state index in [0.717, 1.165) is 16.9 Å². The minimum Gasteiger partial charge on any atom is -0.497 e. The molecule has 11 heteroatoms. The first kappa shape index (κ1) is 24.7. The lowest BCUT2D eigenvalue weighted by atomic mass is 10.1. The summed E-state index contributed by atoms with van der Waals surface area (Å²) in [7, 11) is 1.59. The number of nitrogens with one attached hydrogen (secondary N) is 4. The SMILES string of the molecule is COc1cccc(CNC(=O)CC2CC(=O)NC(SCC(=O)NCc3ccc4c(c3)OCO4)N2)c1. The normalized spacial score (nSPS) is 18.5. The smallest absolute Gasteiger partial charge is 0.231 e. The second kappa shape index (κ2) is 11.8. The Morgan fingerprint density at radius 1 is 1.06 bits per heavy atom. The highest BCUT2D eigenvalue weighted by atomic mass is 32.2. The predicted octanol–water partition coefficient (Wildman–Crippen LogP) is 1.24. The molecule has 2 unspecified atom stereocenters. The van der Waals surface area contributed by atoms with E-state index in [1.165, 1.54) is 11.8 Å². The van der Waals surface area contributed by atoms with E-state index in [2.05, 4.69) is 21.3 Å². The van der Waals surface area contributed by atoms with Crippen molar-refractivity contribution in [2.45, 2.75) is 37.5 Å². The van der Waals surface area contributed by atoms with E-state index >= 15 is 0 Å². The van der Waals surface area contributed by atoms with Gasteiger partial charge in [0.25, 0.3) is 0 Å². The van der Waals surface area contributed by atoms with Crippen LogP contribution in [0, 0.1) is 0 Å². The van der Waals surface area contributed by atoms with Crippen LogP contribution in [0.4, 0.5) is 0 Å². The number of hydrogen-bond donors (Lipinski definition) is 4. The topological polar surface area (TPSA) is 127 Å². The van der Waals surface area contributed by atoms with Gasteiger partial charge in [-0.1, -0.05) is 18.2 Å². The number of hydrogen-bond acceptors (Lipinski definition) is 8. The molecule has 2 aliphatic heterocycles. The van der Waals surface area contributed by atoms with Crippen LogP contribution in [-0.4, -0.2) is 48.9 Å². The van der Waals surface area contributed by atoms with E-state index in [9.17, 15) is 14.4 Å². The van der Waals surface area contributed by atoms with Crippen LogP contribution in [0.25, 0.3) is 0 Å². The van der Waals surface area contributed by atoms with Gasteiger partial charge >= 0.3 is 0 Å². The number of fused-ring (bicyclic) bond motifs is 1. The van der Waals surface area contributed by atoms with Crippen LogP contribution in [0.2, 0.25) is 0 Å². The number of carbonyl (C=O) groups excluding carboxylic acids is 3. The lowest BCUT2D eigenvalue weighted by Crippen LogP contribution is -2.56. The maximum absolute atomic E-state index is 12.4. The summed E-state index contributed by atoms with van der Waals surface area (Å²) in [5, 5.41) is 11.8. The zero-order chi connectivity index (χ0) is 24.6. The molecule has 2 aromatic rings. The molecule has 2 heterocycles. The average molecular weight is 501 g/mol. The lowest BCUT2D eigenvalue weighted by Gasteiger charge is -2.30. The van der Waals surface area contributed by atoms with Crippen LogP contribution in [0.15, 0.2) is 42.5 Å². The van der Waals surface area contributed by atoms with Gasteiger partial charge < -0.3 is 30.2 Å². The maximum atomic E-state index is 12.4. The highest BCUT2D eigenvalue weighted by molar-refractivity contribution is 8.00. The molecule has 0 aromatic heterocycles. The van der Waals surface area contributed by atoms with Crippen molar-refractivity contribution in [3.05, 3.63) is 53.6 Å². The Hall–Kier alpha value is -3.44. The molecule has 2 atom stereocenters. The van der Waals surface area contributed by atoms with Gasteiger partial charge in [0.15, 0.2) is 11.5 Å². The third-order valence-corrected chi connectivity index (χ3v) is 6.49. The summed E-state index contributed by atoms with van der Waals surface area (Å²) in [6.07, 6.45) is 0.352. The summed E-state index contributed by atoms with van der Waals surface area (Å²) >= 11 is 1.26. The van der Waals surface area contributed by atoms with E-state index in [0.29, 0.717) is 24.6 Å². The molecule has 3 amide bonds. The number of methoxy groups -OCH3 is 1. The zero-order valence-corrected chi connectivity index (χ0v) is 20.1. The summed E-state index contributed by atoms with van der Waals surface area (Å²) in [6.45, 7) is 0.931. The highest BCUT2D eigenvalue weighted by Gasteiger charge is 2.28. The predicted molar refractivity (Wildman–Crippen MR) is 130 cm³/mol. The molecule has 10 nitrogen and oxygen atoms in total. The molecule has 0 radical (unpaired) electrons. The van der Waals surface area contributed by atoms with Crippen molar-refractivity contribution in [3.8, 4) is 17.2 Å². The van der Waals surface area contributed by atoms with Crippen LogP contribution < -0.4 is 35.5 Å². The number of carbonyl (C=O) groups is 3. The highest BCUT2D eigenvalue weighted by Crippen LogP contribution is 2.32. The van der Waals surface area contributed by atoms with Gasteiger partial charge in [-0.15, -0.1) is 11.8 Å². The molecule has 35 heavy (non-hydrogen) atoms. The molecule has 2 aromatic carbocycles. The molecule has 1 fully saturated rings. The van der Waals surface area contributed by atoms with Crippen molar-refractivity contribution in [2.24, 2.45) is 0 Å². The molecule has 1 saturated heterocycles. The van der Waals surface area contributed by atoms with Gasteiger partial charge in [-0.2, -0.15) is 0 Å². The standard InChI is InChI=1S/C24H28N4O6S/c1-32-18-4-2-3-15(7-18)11-25-21(29)9-17-10-22(30)28-24(27-17)35-13-23(31)26-12-16-5-6-19-20(8-16)34-14-33-19/h2-8,17,24,27H,9-14H2,1H3,(H,25,29)(H,26,31)(H,28,30). The van der Waals surface area contributed by atoms with Crippen molar-refractivity contribution >= 4 is 29.5 Å². The van der Waals surface area contributed by atoms with Gasteiger partial charge in [0.1, 0.15) is 11.2 Å². The van der Waals surface area contributed by atoms with Gasteiger partial charge in [-0.05, 0) is 35.4 Å². The summed E-state index contributed by atoms with van der Waals surface area (Å²) in [5.41, 5.74) is 1.37. The quantitative estimate of drug-likeness (QED) is 0.384. The number of ether oxygens (including phenoxy) is 3. The number of thioether (sulfide) groups is 1. The fourth-order valence-electron chi connectivity index (χ4n) is 3.71. The van der Waals surface area contributed by atoms with E-state index in [4.69, 9.17) is 14.2 Å². The van der Waals surface area contributed by atoms with Crippen molar-refractivity contribution in [3.63, 3.8) is 0 Å². The summed E-state index contributed by atoms with van der Waals surface area (Å²) < 4.78 is 15.8. The Balaban J connectivity index is 1.18. The molecule has 4 N–H and O–H groups in total. The lowest BCUT2D eigenvalue weighted by molar-refractivity contribution is -0.125. The molecule has 0 spiro atoms. The third kappa shape index (κ3) is 7.27. The van der Waals surface area contributed by atoms with Crippen molar-refractivity contribution in [1.82, 2.24) is 21.3 Å². The van der Waals surface area contributed by atoms with Gasteiger partial charge in [-0.25, -0.2) is 0 Å². The Bertz CT molecular complexity index is 1080. The monoisotopic (exact) mass is 500 g/mol. The van der Waals surface area contributed by atoms with E-state index in [1.54, 1.807) is 7.11 Å². The summed E-state index contributed by atoms with van der Waals surface area (Å²) in [4.78, 5) is 36.8. The Kier molecular flexibility index (Phi) is 8.32. The zero-order valence-electron chi connectivity index (χ0n) is 19.3. The third-order valence-electron chi connectivity index (χ3n) is 5.47. The van der Waals surface area contributed by atoms with Crippen molar-refractivity contribution in [2.75, 3.05) is 19.7 Å². The van der Waals surface area contributed by atoms with E-state index in [1.807, 2.05) is 42.5 Å². The van der Waals surface area contributed by atoms with Crippen LogP contribution in [0.5, 0.6) is 17.2 Å². The van der Waals surface area contributed by atoms with Crippen LogP contribution in [0.1, 0.15) is 24.0 Å².